The van der Waals surface area contributed by atoms with Crippen molar-refractivity contribution >= 4 is 27.6 Å². The summed E-state index contributed by atoms with van der Waals surface area (Å²) >= 11 is 5.47. The topological polar surface area (TPSA) is 72.5 Å². The number of alkyl halides is 3. The quantitative estimate of drug-likeness (QED) is 0.761. The lowest BCUT2D eigenvalue weighted by Gasteiger charge is -2.22. The first-order valence-corrected chi connectivity index (χ1v) is 8.77. The molecule has 1 aromatic rings. The highest BCUT2D eigenvalue weighted by molar-refractivity contribution is 7.89. The third kappa shape index (κ3) is 4.84. The van der Waals surface area contributed by atoms with Crippen molar-refractivity contribution in [2.24, 2.45) is 5.92 Å². The molecule has 5 nitrogen and oxygen atoms in total. The summed E-state index contributed by atoms with van der Waals surface area (Å²) in [6.45, 7) is 3.35. The molecule has 136 valence electrons. The fraction of sp³-hybridized carbons (Fsp3) is 0.500. The molecule has 0 aliphatic carbocycles. The molecule has 0 aromatic heterocycles. The molecular formula is C14H17ClF3NO4S. The van der Waals surface area contributed by atoms with Gasteiger partial charge in [0, 0.05) is 0 Å². The van der Waals surface area contributed by atoms with Crippen LogP contribution in [-0.4, -0.2) is 27.5 Å². The van der Waals surface area contributed by atoms with E-state index in [9.17, 15) is 26.4 Å². The van der Waals surface area contributed by atoms with E-state index in [0.29, 0.717) is 12.5 Å². The molecule has 0 fully saturated rings. The average Bonchev–Trinajstić information content (AvgIpc) is 2.50. The molecule has 1 aromatic carbocycles. The third-order valence-corrected chi connectivity index (χ3v) is 5.27. The van der Waals surface area contributed by atoms with Crippen molar-refractivity contribution < 1.29 is 31.1 Å². The normalized spacial score (nSPS) is 15.0. The highest BCUT2D eigenvalue weighted by atomic mass is 35.5. The molecular weight excluding hydrogens is 371 g/mol. The number of carbonyl (C=O) groups excluding carboxylic acids is 1. The second kappa shape index (κ2) is 7.71. The molecule has 0 saturated heterocycles. The molecule has 0 unspecified atom stereocenters. The van der Waals surface area contributed by atoms with E-state index in [0.717, 1.165) is 19.2 Å². The van der Waals surface area contributed by atoms with Gasteiger partial charge in [0.05, 0.1) is 22.6 Å². The molecule has 10 heteroatoms. The van der Waals surface area contributed by atoms with Crippen molar-refractivity contribution in [3.8, 4) is 0 Å². The predicted octanol–water partition coefficient (Wildman–Crippen LogP) is 3.22. The average molecular weight is 388 g/mol. The molecule has 0 aliphatic heterocycles. The minimum Gasteiger partial charge on any atom is -0.468 e. The van der Waals surface area contributed by atoms with Crippen molar-refractivity contribution in [2.45, 2.75) is 37.4 Å². The summed E-state index contributed by atoms with van der Waals surface area (Å²) in [4.78, 5) is 11.1. The first-order chi connectivity index (χ1) is 10.9. The number of hydrogen-bond acceptors (Lipinski definition) is 4. The molecule has 0 amide bonds. The van der Waals surface area contributed by atoms with E-state index in [1.165, 1.54) is 0 Å². The zero-order valence-corrected chi connectivity index (χ0v) is 14.7. The van der Waals surface area contributed by atoms with Crippen LogP contribution in [0, 0.1) is 5.92 Å². The van der Waals surface area contributed by atoms with E-state index in [1.54, 1.807) is 13.8 Å². The van der Waals surface area contributed by atoms with Gasteiger partial charge in [0.25, 0.3) is 0 Å². The summed E-state index contributed by atoms with van der Waals surface area (Å²) in [6, 6.07) is 0.991. The van der Waals surface area contributed by atoms with Gasteiger partial charge in [-0.15, -0.1) is 0 Å². The summed E-state index contributed by atoms with van der Waals surface area (Å²) < 4.78 is 69.9. The van der Waals surface area contributed by atoms with Gasteiger partial charge in [-0.1, -0.05) is 31.9 Å². The fourth-order valence-electron chi connectivity index (χ4n) is 1.88. The monoisotopic (exact) mass is 387 g/mol. The van der Waals surface area contributed by atoms with Gasteiger partial charge in [-0.2, -0.15) is 17.9 Å². The number of sulfonamides is 1. The zero-order valence-electron chi connectivity index (χ0n) is 13.1. The number of benzene rings is 1. The second-order valence-electron chi connectivity index (χ2n) is 5.15. The Labute approximate surface area is 143 Å². The van der Waals surface area contributed by atoms with Crippen LogP contribution in [0.4, 0.5) is 13.2 Å². The summed E-state index contributed by atoms with van der Waals surface area (Å²) in [5, 5.41) is -0.618. The number of hydrogen-bond donors (Lipinski definition) is 1. The van der Waals surface area contributed by atoms with E-state index in [-0.39, 0.29) is 0 Å². The number of rotatable bonds is 6. The van der Waals surface area contributed by atoms with Crippen molar-refractivity contribution in [2.75, 3.05) is 7.11 Å². The zero-order chi connectivity index (χ0) is 18.7. The van der Waals surface area contributed by atoms with Gasteiger partial charge in [0.2, 0.25) is 10.0 Å². The maximum Gasteiger partial charge on any atom is 0.417 e. The first kappa shape index (κ1) is 20.7. The van der Waals surface area contributed by atoms with Crippen LogP contribution in [0.2, 0.25) is 5.02 Å². The molecule has 1 N–H and O–H groups in total. The Morgan fingerprint density at radius 3 is 2.42 bits per heavy atom. The van der Waals surface area contributed by atoms with Gasteiger partial charge >= 0.3 is 12.1 Å². The van der Waals surface area contributed by atoms with Crippen LogP contribution < -0.4 is 4.72 Å². The minimum absolute atomic E-state index is 0.415. The largest absolute Gasteiger partial charge is 0.468 e. The van der Waals surface area contributed by atoms with Crippen LogP contribution in [0.25, 0.3) is 0 Å². The standard InChI is InChI=1S/C14H17ClF3NO4S/c1-4-8(2)12(13(20)23-3)19-24(21,22)9-5-6-11(15)10(7-9)14(16,17)18/h5-8,12,19H,4H2,1-3H3/t8-,12-/m0/s1. The number of ether oxygens (including phenoxy) is 1. The molecule has 0 spiro atoms. The fourth-order valence-corrected chi connectivity index (χ4v) is 3.43. The Balaban J connectivity index is 3.27. The van der Waals surface area contributed by atoms with E-state index in [1.807, 2.05) is 0 Å². The lowest BCUT2D eigenvalue weighted by molar-refractivity contribution is -0.144. The summed E-state index contributed by atoms with van der Waals surface area (Å²) in [5.74, 6) is -1.24. The molecule has 0 bridgehead atoms. The molecule has 0 radical (unpaired) electrons. The molecule has 2 atom stereocenters. The van der Waals surface area contributed by atoms with Crippen LogP contribution in [0.3, 0.4) is 0 Å². The molecule has 0 saturated carbocycles. The maximum atomic E-state index is 12.9. The summed E-state index contributed by atoms with van der Waals surface area (Å²) in [5.41, 5.74) is -1.27. The Morgan fingerprint density at radius 1 is 1.38 bits per heavy atom. The van der Waals surface area contributed by atoms with Crippen LogP contribution in [0.5, 0.6) is 0 Å². The number of esters is 1. The Kier molecular flexibility index (Phi) is 6.66. The van der Waals surface area contributed by atoms with Crippen LogP contribution in [0.15, 0.2) is 23.1 Å². The van der Waals surface area contributed by atoms with Crippen LogP contribution in [0.1, 0.15) is 25.8 Å². The lowest BCUT2D eigenvalue weighted by atomic mass is 10.0. The summed E-state index contributed by atoms with van der Waals surface area (Å²) in [7, 11) is -3.29. The van der Waals surface area contributed by atoms with Gasteiger partial charge in [-0.25, -0.2) is 8.42 Å². The van der Waals surface area contributed by atoms with Gasteiger partial charge in [-0.05, 0) is 24.1 Å². The lowest BCUT2D eigenvalue weighted by Crippen LogP contribution is -2.45. The van der Waals surface area contributed by atoms with E-state index >= 15 is 0 Å². The third-order valence-electron chi connectivity index (χ3n) is 3.50. The Bertz CT molecular complexity index is 706. The van der Waals surface area contributed by atoms with E-state index < -0.39 is 49.6 Å². The smallest absolute Gasteiger partial charge is 0.417 e. The Hall–Kier alpha value is -1.32. The van der Waals surface area contributed by atoms with Gasteiger partial charge in [0.15, 0.2) is 0 Å². The van der Waals surface area contributed by atoms with Crippen LogP contribution in [-0.2, 0) is 25.7 Å². The number of methoxy groups -OCH3 is 1. The van der Waals surface area contributed by atoms with Crippen LogP contribution >= 0.6 is 11.6 Å². The van der Waals surface area contributed by atoms with Gasteiger partial charge in [0.1, 0.15) is 6.04 Å². The molecule has 0 aliphatic rings. The minimum atomic E-state index is -4.80. The first-order valence-electron chi connectivity index (χ1n) is 6.91. The number of halogens is 4. The highest BCUT2D eigenvalue weighted by Gasteiger charge is 2.36. The Morgan fingerprint density at radius 2 is 1.96 bits per heavy atom. The predicted molar refractivity (Wildman–Crippen MR) is 82.0 cm³/mol. The van der Waals surface area contributed by atoms with E-state index in [2.05, 4.69) is 9.46 Å². The van der Waals surface area contributed by atoms with Crippen molar-refractivity contribution in [3.63, 3.8) is 0 Å². The van der Waals surface area contributed by atoms with Gasteiger partial charge in [-0.3, -0.25) is 4.79 Å². The molecule has 1 rings (SSSR count). The number of nitrogens with one attached hydrogen (secondary N) is 1. The number of carbonyl (C=O) groups is 1. The molecule has 0 heterocycles. The van der Waals surface area contributed by atoms with Crippen molar-refractivity contribution in [3.05, 3.63) is 28.8 Å². The highest BCUT2D eigenvalue weighted by Crippen LogP contribution is 2.36. The molecule has 24 heavy (non-hydrogen) atoms. The SMILES string of the molecule is CC[C@H](C)[C@H](NS(=O)(=O)c1ccc(Cl)c(C(F)(F)F)c1)C(=O)OC. The maximum absolute atomic E-state index is 12.9. The van der Waals surface area contributed by atoms with Crippen molar-refractivity contribution in [1.82, 2.24) is 4.72 Å². The van der Waals surface area contributed by atoms with Gasteiger partial charge < -0.3 is 4.74 Å². The van der Waals surface area contributed by atoms with Crippen molar-refractivity contribution in [1.29, 1.82) is 0 Å². The summed E-state index contributed by atoms with van der Waals surface area (Å²) in [6.07, 6.45) is -4.35. The van der Waals surface area contributed by atoms with E-state index in [4.69, 9.17) is 11.6 Å². The second-order valence-corrected chi connectivity index (χ2v) is 7.27.